The highest BCUT2D eigenvalue weighted by Gasteiger charge is 2.24. The first-order chi connectivity index (χ1) is 14.5. The Morgan fingerprint density at radius 1 is 1.23 bits per heavy atom. The molecule has 7 nitrogen and oxygen atoms in total. The predicted molar refractivity (Wildman–Crippen MR) is 108 cm³/mol. The number of methoxy groups -OCH3 is 1. The average molecular weight is 415 g/mol. The molecule has 0 N–H and O–H groups in total. The number of fused-ring (bicyclic) bond motifs is 1. The van der Waals surface area contributed by atoms with E-state index in [0.29, 0.717) is 54.8 Å². The van der Waals surface area contributed by atoms with Crippen LogP contribution in [0.5, 0.6) is 0 Å². The van der Waals surface area contributed by atoms with Gasteiger partial charge in [0.05, 0.1) is 18.4 Å². The third kappa shape index (κ3) is 4.36. The van der Waals surface area contributed by atoms with Crippen LogP contribution in [0, 0.1) is 18.6 Å². The van der Waals surface area contributed by atoms with Gasteiger partial charge in [0, 0.05) is 44.6 Å². The summed E-state index contributed by atoms with van der Waals surface area (Å²) >= 11 is 0. The molecule has 1 atom stereocenters. The Kier molecular flexibility index (Phi) is 6.10. The summed E-state index contributed by atoms with van der Waals surface area (Å²) in [6, 6.07) is 3.41. The zero-order chi connectivity index (χ0) is 21.1. The van der Waals surface area contributed by atoms with Gasteiger partial charge >= 0.3 is 0 Å². The second-order valence-corrected chi connectivity index (χ2v) is 7.25. The standard InChI is InChI=1S/C21H23F2N5O2/c1-13-11-24-19-18(16-6-5-14(22)10-17(16)23)26-21(27-20(19)25-13)28-7-9-30-15(12-28)4-3-8-29-2/h5-6,10-11,15H,3-4,7-9,12H2,1-2H3. The smallest absolute Gasteiger partial charge is 0.228 e. The number of rotatable bonds is 6. The van der Waals surface area contributed by atoms with Gasteiger partial charge in [-0.05, 0) is 31.9 Å². The lowest BCUT2D eigenvalue weighted by molar-refractivity contribution is 0.0288. The fourth-order valence-electron chi connectivity index (χ4n) is 3.52. The van der Waals surface area contributed by atoms with Crippen LogP contribution < -0.4 is 4.90 Å². The Balaban J connectivity index is 1.73. The number of aromatic nitrogens is 4. The maximum Gasteiger partial charge on any atom is 0.228 e. The summed E-state index contributed by atoms with van der Waals surface area (Å²) in [5, 5.41) is 0. The normalized spacial score (nSPS) is 16.9. The lowest BCUT2D eigenvalue weighted by Crippen LogP contribution is -2.43. The monoisotopic (exact) mass is 415 g/mol. The van der Waals surface area contributed by atoms with Gasteiger partial charge in [0.2, 0.25) is 5.95 Å². The van der Waals surface area contributed by atoms with E-state index in [0.717, 1.165) is 18.9 Å². The average Bonchev–Trinajstić information content (AvgIpc) is 2.73. The molecule has 4 rings (SSSR count). The van der Waals surface area contributed by atoms with Crippen LogP contribution in [0.25, 0.3) is 22.4 Å². The Bertz CT molecular complexity index is 1050. The van der Waals surface area contributed by atoms with Crippen molar-refractivity contribution in [2.45, 2.75) is 25.9 Å². The van der Waals surface area contributed by atoms with Crippen molar-refractivity contribution in [1.29, 1.82) is 0 Å². The zero-order valence-corrected chi connectivity index (χ0v) is 16.9. The minimum Gasteiger partial charge on any atom is -0.385 e. The molecular weight excluding hydrogens is 392 g/mol. The third-order valence-corrected chi connectivity index (χ3v) is 5.00. The summed E-state index contributed by atoms with van der Waals surface area (Å²) in [6.07, 6.45) is 3.36. The molecule has 0 radical (unpaired) electrons. The molecule has 1 fully saturated rings. The van der Waals surface area contributed by atoms with Crippen molar-refractivity contribution >= 4 is 17.1 Å². The van der Waals surface area contributed by atoms with Crippen LogP contribution in [-0.2, 0) is 9.47 Å². The number of anilines is 1. The number of nitrogens with zero attached hydrogens (tertiary/aromatic N) is 5. The van der Waals surface area contributed by atoms with Crippen molar-refractivity contribution in [2.24, 2.45) is 0 Å². The zero-order valence-electron chi connectivity index (χ0n) is 16.9. The second kappa shape index (κ2) is 8.93. The molecule has 1 aliphatic rings. The van der Waals surface area contributed by atoms with Crippen LogP contribution in [0.1, 0.15) is 18.5 Å². The lowest BCUT2D eigenvalue weighted by atomic mass is 10.1. The largest absolute Gasteiger partial charge is 0.385 e. The lowest BCUT2D eigenvalue weighted by Gasteiger charge is -2.33. The topological polar surface area (TPSA) is 73.3 Å². The molecule has 1 aromatic carbocycles. The van der Waals surface area contributed by atoms with Gasteiger partial charge in [-0.3, -0.25) is 0 Å². The number of ether oxygens (including phenoxy) is 2. The Hall–Kier alpha value is -2.78. The summed E-state index contributed by atoms with van der Waals surface area (Å²) in [4.78, 5) is 20.0. The van der Waals surface area contributed by atoms with E-state index in [-0.39, 0.29) is 11.7 Å². The van der Waals surface area contributed by atoms with E-state index >= 15 is 0 Å². The van der Waals surface area contributed by atoms with E-state index in [9.17, 15) is 8.78 Å². The Morgan fingerprint density at radius 2 is 2.10 bits per heavy atom. The molecule has 0 amide bonds. The maximum atomic E-state index is 14.6. The van der Waals surface area contributed by atoms with Gasteiger partial charge in [0.15, 0.2) is 5.65 Å². The molecule has 3 aromatic rings. The van der Waals surface area contributed by atoms with Crippen molar-refractivity contribution < 1.29 is 18.3 Å². The number of aryl methyl sites for hydroxylation is 1. The number of hydrogen-bond donors (Lipinski definition) is 0. The highest BCUT2D eigenvalue weighted by atomic mass is 19.1. The number of benzene rings is 1. The SMILES string of the molecule is COCCCC1CN(c2nc(-c3ccc(F)cc3F)c3ncc(C)nc3n2)CCO1. The minimum atomic E-state index is -0.706. The van der Waals surface area contributed by atoms with E-state index < -0.39 is 11.6 Å². The van der Waals surface area contributed by atoms with Gasteiger partial charge in [-0.25, -0.2) is 23.7 Å². The van der Waals surface area contributed by atoms with Gasteiger partial charge < -0.3 is 14.4 Å². The van der Waals surface area contributed by atoms with Gasteiger partial charge in [-0.15, -0.1) is 0 Å². The van der Waals surface area contributed by atoms with Gasteiger partial charge in [-0.1, -0.05) is 0 Å². The number of hydrogen-bond acceptors (Lipinski definition) is 7. The molecule has 158 valence electrons. The highest BCUT2D eigenvalue weighted by Crippen LogP contribution is 2.29. The molecular formula is C21H23F2N5O2. The molecule has 9 heteroatoms. The molecule has 30 heavy (non-hydrogen) atoms. The molecule has 3 heterocycles. The van der Waals surface area contributed by atoms with Crippen molar-refractivity contribution in [3.05, 3.63) is 41.7 Å². The van der Waals surface area contributed by atoms with Crippen LogP contribution in [0.2, 0.25) is 0 Å². The third-order valence-electron chi connectivity index (χ3n) is 5.00. The molecule has 1 unspecified atom stereocenters. The van der Waals surface area contributed by atoms with Gasteiger partial charge in [-0.2, -0.15) is 4.98 Å². The molecule has 0 saturated carbocycles. The summed E-state index contributed by atoms with van der Waals surface area (Å²) < 4.78 is 39.0. The van der Waals surface area contributed by atoms with E-state index in [1.54, 1.807) is 13.3 Å². The van der Waals surface area contributed by atoms with Crippen molar-refractivity contribution in [1.82, 2.24) is 19.9 Å². The fraction of sp³-hybridized carbons (Fsp3) is 0.429. The molecule has 0 bridgehead atoms. The predicted octanol–water partition coefficient (Wildman–Crippen LogP) is 3.31. The van der Waals surface area contributed by atoms with Crippen LogP contribution in [0.4, 0.5) is 14.7 Å². The van der Waals surface area contributed by atoms with Crippen LogP contribution in [0.15, 0.2) is 24.4 Å². The fourth-order valence-corrected chi connectivity index (χ4v) is 3.52. The molecule has 2 aromatic heterocycles. The van der Waals surface area contributed by atoms with Crippen LogP contribution in [0.3, 0.4) is 0 Å². The molecule has 0 spiro atoms. The van der Waals surface area contributed by atoms with Crippen LogP contribution >= 0.6 is 0 Å². The molecule has 0 aliphatic carbocycles. The van der Waals surface area contributed by atoms with E-state index in [1.165, 1.54) is 12.1 Å². The quantitative estimate of drug-likeness (QED) is 0.572. The first kappa shape index (κ1) is 20.5. The second-order valence-electron chi connectivity index (χ2n) is 7.25. The summed E-state index contributed by atoms with van der Waals surface area (Å²) in [5.74, 6) is -0.923. The minimum absolute atomic E-state index is 0.0304. The Morgan fingerprint density at radius 3 is 2.90 bits per heavy atom. The van der Waals surface area contributed by atoms with Crippen molar-refractivity contribution in [2.75, 3.05) is 38.3 Å². The number of morpholine rings is 1. The molecule has 1 aliphatic heterocycles. The summed E-state index contributed by atoms with van der Waals surface area (Å²) in [5.41, 5.74) is 1.90. The summed E-state index contributed by atoms with van der Waals surface area (Å²) in [6.45, 7) is 4.25. The summed E-state index contributed by atoms with van der Waals surface area (Å²) in [7, 11) is 1.68. The van der Waals surface area contributed by atoms with E-state index in [1.807, 2.05) is 11.8 Å². The first-order valence-corrected chi connectivity index (χ1v) is 9.87. The maximum absolute atomic E-state index is 14.6. The van der Waals surface area contributed by atoms with Gasteiger partial charge in [0.1, 0.15) is 22.8 Å². The van der Waals surface area contributed by atoms with Gasteiger partial charge in [0.25, 0.3) is 0 Å². The highest BCUT2D eigenvalue weighted by molar-refractivity contribution is 5.88. The van der Waals surface area contributed by atoms with E-state index in [4.69, 9.17) is 9.47 Å². The van der Waals surface area contributed by atoms with Crippen molar-refractivity contribution in [3.8, 4) is 11.3 Å². The molecule has 1 saturated heterocycles. The van der Waals surface area contributed by atoms with E-state index in [2.05, 4.69) is 19.9 Å². The first-order valence-electron chi connectivity index (χ1n) is 9.87. The van der Waals surface area contributed by atoms with Crippen molar-refractivity contribution in [3.63, 3.8) is 0 Å². The number of halogens is 2. The van der Waals surface area contributed by atoms with Crippen LogP contribution in [-0.4, -0.2) is 59.5 Å². The Labute approximate surface area is 173 Å².